The van der Waals surface area contributed by atoms with Crippen LogP contribution in [0, 0.1) is 10.1 Å². The number of benzene rings is 1. The summed E-state index contributed by atoms with van der Waals surface area (Å²) in [6.07, 6.45) is 6.07. The van der Waals surface area contributed by atoms with Gasteiger partial charge < -0.3 is 14.8 Å². The molecule has 0 unspecified atom stereocenters. The number of rotatable bonds is 7. The highest BCUT2D eigenvalue weighted by Crippen LogP contribution is 2.32. The van der Waals surface area contributed by atoms with E-state index in [0.29, 0.717) is 17.6 Å². The van der Waals surface area contributed by atoms with Crippen LogP contribution >= 0.6 is 0 Å². The van der Waals surface area contributed by atoms with Crippen LogP contribution in [0.25, 0.3) is 0 Å². The van der Waals surface area contributed by atoms with Crippen molar-refractivity contribution in [2.24, 2.45) is 0 Å². The average molecular weight is 360 g/mol. The van der Waals surface area contributed by atoms with Crippen LogP contribution in [-0.2, 0) is 4.79 Å². The Morgan fingerprint density at radius 2 is 2.12 bits per heavy atom. The number of non-ortho nitro benzene ring substituents is 1. The van der Waals surface area contributed by atoms with Crippen LogP contribution < -0.4 is 14.8 Å². The Morgan fingerprint density at radius 1 is 1.35 bits per heavy atom. The van der Waals surface area contributed by atoms with Gasteiger partial charge in [-0.2, -0.15) is 5.10 Å². The summed E-state index contributed by atoms with van der Waals surface area (Å²) in [6.45, 7) is -0.298. The Morgan fingerprint density at radius 3 is 2.81 bits per heavy atom. The van der Waals surface area contributed by atoms with E-state index in [1.807, 2.05) is 4.68 Å². The highest BCUT2D eigenvalue weighted by atomic mass is 16.6. The maximum Gasteiger partial charge on any atom is 0.273 e. The van der Waals surface area contributed by atoms with Gasteiger partial charge in [-0.3, -0.25) is 14.9 Å². The molecule has 1 aliphatic carbocycles. The molecule has 2 aromatic rings. The summed E-state index contributed by atoms with van der Waals surface area (Å²) in [4.78, 5) is 22.6. The third-order valence-electron chi connectivity index (χ3n) is 4.33. The Bertz CT molecular complexity index is 798. The van der Waals surface area contributed by atoms with Gasteiger partial charge in [-0.1, -0.05) is 12.8 Å². The number of nitro benzene ring substituents is 1. The molecule has 0 aliphatic heterocycles. The molecule has 1 aromatic heterocycles. The maximum absolute atomic E-state index is 12.2. The zero-order valence-corrected chi connectivity index (χ0v) is 14.4. The van der Waals surface area contributed by atoms with Crippen molar-refractivity contribution in [3.63, 3.8) is 0 Å². The molecule has 9 heteroatoms. The van der Waals surface area contributed by atoms with Crippen molar-refractivity contribution in [2.45, 2.75) is 31.7 Å². The van der Waals surface area contributed by atoms with Crippen LogP contribution in [0.3, 0.4) is 0 Å². The highest BCUT2D eigenvalue weighted by Gasteiger charge is 2.21. The number of anilines is 1. The molecule has 1 aromatic carbocycles. The lowest BCUT2D eigenvalue weighted by Crippen LogP contribution is -2.23. The van der Waals surface area contributed by atoms with E-state index < -0.39 is 4.92 Å². The van der Waals surface area contributed by atoms with E-state index in [4.69, 9.17) is 9.47 Å². The molecule has 9 nitrogen and oxygen atoms in total. The van der Waals surface area contributed by atoms with E-state index in [1.165, 1.54) is 25.3 Å². The lowest BCUT2D eigenvalue weighted by atomic mass is 10.2. The first kappa shape index (κ1) is 17.7. The quantitative estimate of drug-likeness (QED) is 0.601. The number of aromatic nitrogens is 2. The maximum atomic E-state index is 12.2. The molecule has 0 atom stereocenters. The summed E-state index contributed by atoms with van der Waals surface area (Å²) in [5, 5.41) is 18.0. The first-order valence-corrected chi connectivity index (χ1v) is 8.37. The Hall–Kier alpha value is -3.10. The van der Waals surface area contributed by atoms with Crippen molar-refractivity contribution in [3.05, 3.63) is 40.6 Å². The minimum Gasteiger partial charge on any atom is -0.493 e. The standard InChI is InChI=1S/C17H20N4O5/c1-25-14-7-6-13(21(23)24)10-15(14)26-11-17(22)19-16-8-9-18-20(16)12-4-2-3-5-12/h6-10,12H,2-5,11H2,1H3,(H,19,22). The zero-order valence-electron chi connectivity index (χ0n) is 14.4. The average Bonchev–Trinajstić information content (AvgIpc) is 3.30. The monoisotopic (exact) mass is 360 g/mol. The topological polar surface area (TPSA) is 109 Å². The lowest BCUT2D eigenvalue weighted by Gasteiger charge is -2.15. The summed E-state index contributed by atoms with van der Waals surface area (Å²) >= 11 is 0. The number of methoxy groups -OCH3 is 1. The molecule has 0 spiro atoms. The predicted molar refractivity (Wildman–Crippen MR) is 93.5 cm³/mol. The number of nitrogens with zero attached hydrogens (tertiary/aromatic N) is 3. The van der Waals surface area contributed by atoms with Gasteiger partial charge in [0.15, 0.2) is 18.1 Å². The van der Waals surface area contributed by atoms with Crippen LogP contribution in [-0.4, -0.2) is 34.3 Å². The van der Waals surface area contributed by atoms with Gasteiger partial charge in [0.2, 0.25) is 0 Å². The van der Waals surface area contributed by atoms with Gasteiger partial charge in [0.25, 0.3) is 11.6 Å². The van der Waals surface area contributed by atoms with Crippen LogP contribution in [0.15, 0.2) is 30.5 Å². The summed E-state index contributed by atoms with van der Waals surface area (Å²) in [5.41, 5.74) is -0.138. The molecule has 0 saturated heterocycles. The number of hydrogen-bond donors (Lipinski definition) is 1. The lowest BCUT2D eigenvalue weighted by molar-refractivity contribution is -0.385. The first-order valence-electron chi connectivity index (χ1n) is 8.37. The number of hydrogen-bond acceptors (Lipinski definition) is 6. The Kier molecular flexibility index (Phi) is 5.35. The molecule has 1 heterocycles. The second-order valence-corrected chi connectivity index (χ2v) is 6.03. The first-order chi connectivity index (χ1) is 12.6. The molecule has 0 radical (unpaired) electrons. The molecule has 26 heavy (non-hydrogen) atoms. The second-order valence-electron chi connectivity index (χ2n) is 6.03. The number of carbonyl (C=O) groups is 1. The van der Waals surface area contributed by atoms with Gasteiger partial charge in [0, 0.05) is 12.1 Å². The second kappa shape index (κ2) is 7.85. The van der Waals surface area contributed by atoms with Crippen LogP contribution in [0.5, 0.6) is 11.5 Å². The summed E-state index contributed by atoms with van der Waals surface area (Å²) < 4.78 is 12.4. The van der Waals surface area contributed by atoms with Gasteiger partial charge in [-0.15, -0.1) is 0 Å². The van der Waals surface area contributed by atoms with Crippen LogP contribution in [0.2, 0.25) is 0 Å². The van der Waals surface area contributed by atoms with Crippen LogP contribution in [0.1, 0.15) is 31.7 Å². The van der Waals surface area contributed by atoms with E-state index in [-0.39, 0.29) is 24.0 Å². The van der Waals surface area contributed by atoms with E-state index in [0.717, 1.165) is 25.7 Å². The van der Waals surface area contributed by atoms with E-state index in [2.05, 4.69) is 10.4 Å². The molecule has 1 fully saturated rings. The van der Waals surface area contributed by atoms with Gasteiger partial charge in [-0.25, -0.2) is 4.68 Å². The Labute approximate surface area is 150 Å². The molecule has 0 bridgehead atoms. The molecular weight excluding hydrogens is 340 g/mol. The van der Waals surface area contributed by atoms with Gasteiger partial charge in [0.05, 0.1) is 30.3 Å². The minimum absolute atomic E-state index is 0.138. The third kappa shape index (κ3) is 3.93. The molecule has 1 saturated carbocycles. The number of amides is 1. The number of nitrogens with one attached hydrogen (secondary N) is 1. The Balaban J connectivity index is 1.64. The summed E-state index contributed by atoms with van der Waals surface area (Å²) in [5.74, 6) is 0.704. The number of ether oxygens (including phenoxy) is 2. The van der Waals surface area contributed by atoms with E-state index >= 15 is 0 Å². The third-order valence-corrected chi connectivity index (χ3v) is 4.33. The summed E-state index contributed by atoms with van der Waals surface area (Å²) in [6, 6.07) is 6.02. The number of carbonyl (C=O) groups excluding carboxylic acids is 1. The molecule has 1 N–H and O–H groups in total. The normalized spacial score (nSPS) is 14.2. The van der Waals surface area contributed by atoms with Crippen molar-refractivity contribution in [1.29, 1.82) is 0 Å². The predicted octanol–water partition coefficient (Wildman–Crippen LogP) is 2.93. The minimum atomic E-state index is -0.535. The van der Waals surface area contributed by atoms with Crippen molar-refractivity contribution in [3.8, 4) is 11.5 Å². The molecule has 1 aliphatic rings. The summed E-state index contributed by atoms with van der Waals surface area (Å²) in [7, 11) is 1.42. The van der Waals surface area contributed by atoms with E-state index in [9.17, 15) is 14.9 Å². The highest BCUT2D eigenvalue weighted by molar-refractivity contribution is 5.91. The zero-order chi connectivity index (χ0) is 18.5. The fourth-order valence-corrected chi connectivity index (χ4v) is 3.07. The fourth-order valence-electron chi connectivity index (χ4n) is 3.07. The molecule has 1 amide bonds. The van der Waals surface area contributed by atoms with E-state index in [1.54, 1.807) is 12.3 Å². The van der Waals surface area contributed by atoms with Crippen molar-refractivity contribution < 1.29 is 19.2 Å². The largest absolute Gasteiger partial charge is 0.493 e. The fraction of sp³-hybridized carbons (Fsp3) is 0.412. The van der Waals surface area contributed by atoms with Gasteiger partial charge >= 0.3 is 0 Å². The van der Waals surface area contributed by atoms with Crippen molar-refractivity contribution in [2.75, 3.05) is 19.0 Å². The molecule has 3 rings (SSSR count). The molecule has 138 valence electrons. The SMILES string of the molecule is COc1ccc([N+](=O)[O-])cc1OCC(=O)Nc1ccnn1C1CCCC1. The van der Waals surface area contributed by atoms with Crippen LogP contribution in [0.4, 0.5) is 11.5 Å². The number of nitro groups is 1. The van der Waals surface area contributed by atoms with Crippen molar-refractivity contribution >= 4 is 17.4 Å². The smallest absolute Gasteiger partial charge is 0.273 e. The van der Waals surface area contributed by atoms with Gasteiger partial charge in [0.1, 0.15) is 5.82 Å². The molecular formula is C17H20N4O5. The van der Waals surface area contributed by atoms with Gasteiger partial charge in [-0.05, 0) is 18.9 Å². The van der Waals surface area contributed by atoms with Crippen molar-refractivity contribution in [1.82, 2.24) is 9.78 Å².